The van der Waals surface area contributed by atoms with E-state index in [-0.39, 0.29) is 11.7 Å². The molecule has 2 heterocycles. The first kappa shape index (κ1) is 14.0. The predicted octanol–water partition coefficient (Wildman–Crippen LogP) is 4.49. The fourth-order valence-electron chi connectivity index (χ4n) is 2.08. The maximum Gasteiger partial charge on any atom is 0.139 e. The maximum absolute atomic E-state index is 13.6. The number of hydrogen-bond donors (Lipinski definition) is 0. The molecular formula is C13H10BrClFN3S. The van der Waals surface area contributed by atoms with Gasteiger partial charge in [-0.25, -0.2) is 14.4 Å². The molecule has 0 unspecified atom stereocenters. The van der Waals surface area contributed by atoms with E-state index < -0.39 is 0 Å². The number of fused-ring (bicyclic) bond motifs is 1. The van der Waals surface area contributed by atoms with Crippen LogP contribution in [-0.4, -0.2) is 14.5 Å². The summed E-state index contributed by atoms with van der Waals surface area (Å²) >= 11 is 10.8. The number of rotatable bonds is 3. The molecule has 0 saturated heterocycles. The number of benzene rings is 1. The van der Waals surface area contributed by atoms with Gasteiger partial charge in [0.25, 0.3) is 0 Å². The summed E-state index contributed by atoms with van der Waals surface area (Å²) in [7, 11) is 0. The van der Waals surface area contributed by atoms with Crippen LogP contribution in [0, 0.1) is 12.7 Å². The minimum atomic E-state index is -0.322. The number of thiazole rings is 1. The average Bonchev–Trinajstić information content (AvgIpc) is 2.96. The molecule has 2 aromatic heterocycles. The Morgan fingerprint density at radius 1 is 1.45 bits per heavy atom. The van der Waals surface area contributed by atoms with Crippen molar-refractivity contribution in [2.75, 3.05) is 0 Å². The lowest BCUT2D eigenvalue weighted by atomic mass is 10.3. The van der Waals surface area contributed by atoms with Gasteiger partial charge in [0.1, 0.15) is 11.6 Å². The lowest BCUT2D eigenvalue weighted by Gasteiger charge is -2.06. The fourth-order valence-corrected chi connectivity index (χ4v) is 3.40. The van der Waals surface area contributed by atoms with Crippen molar-refractivity contribution in [3.05, 3.63) is 44.3 Å². The first-order chi connectivity index (χ1) is 9.58. The zero-order valence-corrected chi connectivity index (χ0v) is 13.7. The summed E-state index contributed by atoms with van der Waals surface area (Å²) in [6.45, 7) is 2.61. The molecule has 0 aliphatic carbocycles. The molecular weight excluding hydrogens is 365 g/mol. The molecule has 0 saturated carbocycles. The molecule has 3 nitrogen and oxygen atoms in total. The first-order valence-electron chi connectivity index (χ1n) is 5.90. The van der Waals surface area contributed by atoms with Crippen molar-refractivity contribution in [2.45, 2.75) is 19.3 Å². The van der Waals surface area contributed by atoms with Crippen molar-refractivity contribution >= 4 is 49.9 Å². The van der Waals surface area contributed by atoms with Gasteiger partial charge >= 0.3 is 0 Å². The maximum atomic E-state index is 13.6. The molecule has 0 N–H and O–H groups in total. The van der Waals surface area contributed by atoms with Crippen molar-refractivity contribution in [1.82, 2.24) is 14.5 Å². The largest absolute Gasteiger partial charge is 0.322 e. The van der Waals surface area contributed by atoms with E-state index >= 15 is 0 Å². The highest BCUT2D eigenvalue weighted by molar-refractivity contribution is 9.10. The number of imidazole rings is 1. The summed E-state index contributed by atoms with van der Waals surface area (Å²) in [5.74, 6) is 0.688. The smallest absolute Gasteiger partial charge is 0.139 e. The van der Waals surface area contributed by atoms with Crippen molar-refractivity contribution < 1.29 is 4.39 Å². The van der Waals surface area contributed by atoms with Crippen LogP contribution < -0.4 is 0 Å². The Bertz CT molecular complexity index is 783. The quantitative estimate of drug-likeness (QED) is 0.632. The van der Waals surface area contributed by atoms with Crippen LogP contribution in [0.2, 0.25) is 0 Å². The minimum absolute atomic E-state index is 0.283. The van der Waals surface area contributed by atoms with Crippen LogP contribution in [0.1, 0.15) is 15.7 Å². The van der Waals surface area contributed by atoms with Gasteiger partial charge in [-0.05, 0) is 28.9 Å². The van der Waals surface area contributed by atoms with Gasteiger partial charge in [0, 0.05) is 17.1 Å². The van der Waals surface area contributed by atoms with Crippen LogP contribution in [0.15, 0.2) is 22.8 Å². The molecule has 3 rings (SSSR count). The van der Waals surface area contributed by atoms with Crippen LogP contribution in [0.3, 0.4) is 0 Å². The van der Waals surface area contributed by atoms with Gasteiger partial charge in [-0.3, -0.25) is 0 Å². The zero-order chi connectivity index (χ0) is 14.3. The van der Waals surface area contributed by atoms with Crippen LogP contribution in [0.25, 0.3) is 11.0 Å². The summed E-state index contributed by atoms with van der Waals surface area (Å²) in [5.41, 5.74) is 1.47. The van der Waals surface area contributed by atoms with Crippen LogP contribution in [0.4, 0.5) is 4.39 Å². The van der Waals surface area contributed by atoms with E-state index in [2.05, 4.69) is 25.9 Å². The second kappa shape index (κ2) is 5.42. The normalized spacial score (nSPS) is 11.4. The Labute approximate surface area is 132 Å². The Morgan fingerprint density at radius 2 is 2.25 bits per heavy atom. The first-order valence-corrected chi connectivity index (χ1v) is 8.04. The summed E-state index contributed by atoms with van der Waals surface area (Å²) in [6.07, 6.45) is 1.85. The molecule has 0 aliphatic rings. The average molecular weight is 375 g/mol. The van der Waals surface area contributed by atoms with Gasteiger partial charge in [0.05, 0.1) is 32.9 Å². The zero-order valence-electron chi connectivity index (χ0n) is 10.5. The van der Waals surface area contributed by atoms with E-state index in [1.165, 1.54) is 6.07 Å². The van der Waals surface area contributed by atoms with Crippen molar-refractivity contribution in [2.24, 2.45) is 0 Å². The van der Waals surface area contributed by atoms with Crippen LogP contribution in [-0.2, 0) is 12.4 Å². The number of halogens is 3. The highest BCUT2D eigenvalue weighted by Crippen LogP contribution is 2.26. The van der Waals surface area contributed by atoms with Crippen LogP contribution >= 0.6 is 38.9 Å². The second-order valence-electron chi connectivity index (χ2n) is 4.35. The number of nitrogens with zero attached hydrogens (tertiary/aromatic N) is 3. The van der Waals surface area contributed by atoms with E-state index in [1.807, 2.05) is 17.7 Å². The molecule has 3 aromatic rings. The molecule has 7 heteroatoms. The van der Waals surface area contributed by atoms with E-state index in [0.29, 0.717) is 16.5 Å². The summed E-state index contributed by atoms with van der Waals surface area (Å²) in [5, 5.41) is 1.02. The van der Waals surface area contributed by atoms with E-state index in [9.17, 15) is 4.39 Å². The van der Waals surface area contributed by atoms with E-state index in [0.717, 1.165) is 21.2 Å². The SMILES string of the molecule is Cc1ncc(Cn2c(CCl)nc3cc(F)c(Br)cc32)s1. The molecule has 0 radical (unpaired) electrons. The van der Waals surface area contributed by atoms with Crippen LogP contribution in [0.5, 0.6) is 0 Å². The highest BCUT2D eigenvalue weighted by atomic mass is 79.9. The van der Waals surface area contributed by atoms with E-state index in [1.54, 1.807) is 17.4 Å². The van der Waals surface area contributed by atoms with Gasteiger partial charge in [-0.2, -0.15) is 0 Å². The molecule has 0 bridgehead atoms. The van der Waals surface area contributed by atoms with Crippen molar-refractivity contribution in [3.8, 4) is 0 Å². The fraction of sp³-hybridized carbons (Fsp3) is 0.231. The van der Waals surface area contributed by atoms with E-state index in [4.69, 9.17) is 11.6 Å². The van der Waals surface area contributed by atoms with Gasteiger partial charge in [-0.1, -0.05) is 0 Å². The Morgan fingerprint density at radius 3 is 2.90 bits per heavy atom. The molecule has 104 valence electrons. The monoisotopic (exact) mass is 373 g/mol. The molecule has 20 heavy (non-hydrogen) atoms. The topological polar surface area (TPSA) is 30.7 Å². The third-order valence-electron chi connectivity index (χ3n) is 2.97. The predicted molar refractivity (Wildman–Crippen MR) is 82.9 cm³/mol. The van der Waals surface area contributed by atoms with Gasteiger partial charge in [-0.15, -0.1) is 22.9 Å². The number of aryl methyl sites for hydroxylation is 1. The van der Waals surface area contributed by atoms with Crippen molar-refractivity contribution in [3.63, 3.8) is 0 Å². The molecule has 0 fully saturated rings. The molecule has 0 aliphatic heterocycles. The van der Waals surface area contributed by atoms with Gasteiger partial charge in [0.15, 0.2) is 0 Å². The number of hydrogen-bond acceptors (Lipinski definition) is 3. The van der Waals surface area contributed by atoms with Gasteiger partial charge < -0.3 is 4.57 Å². The molecule has 0 amide bonds. The Kier molecular flexibility index (Phi) is 3.79. The summed E-state index contributed by atoms with van der Waals surface area (Å²) < 4.78 is 16.0. The van der Waals surface area contributed by atoms with Gasteiger partial charge in [0.2, 0.25) is 0 Å². The Balaban J connectivity index is 2.14. The highest BCUT2D eigenvalue weighted by Gasteiger charge is 2.14. The summed E-state index contributed by atoms with van der Waals surface area (Å²) in [4.78, 5) is 9.76. The minimum Gasteiger partial charge on any atom is -0.322 e. The standard InChI is InChI=1S/C13H10BrClFN3S/c1-7-17-5-8(20-7)6-19-12-2-9(14)10(16)3-11(12)18-13(19)4-15/h2-3,5H,4,6H2,1H3. The third kappa shape index (κ3) is 2.47. The summed E-state index contributed by atoms with van der Waals surface area (Å²) in [6, 6.07) is 3.16. The Hall–Kier alpha value is -0.980. The molecule has 0 atom stereocenters. The molecule has 0 spiro atoms. The molecule has 1 aromatic carbocycles. The number of alkyl halides is 1. The lowest BCUT2D eigenvalue weighted by molar-refractivity contribution is 0.622. The third-order valence-corrected chi connectivity index (χ3v) is 4.72. The second-order valence-corrected chi connectivity index (χ2v) is 6.79. The van der Waals surface area contributed by atoms with Crippen molar-refractivity contribution in [1.29, 1.82) is 0 Å². The lowest BCUT2D eigenvalue weighted by Crippen LogP contribution is -2.02. The number of aromatic nitrogens is 3.